The van der Waals surface area contributed by atoms with Crippen molar-refractivity contribution in [1.82, 2.24) is 5.32 Å². The molecule has 0 spiro atoms. The highest BCUT2D eigenvalue weighted by Gasteiger charge is 2.28. The third kappa shape index (κ3) is 3.82. The summed E-state index contributed by atoms with van der Waals surface area (Å²) >= 11 is 0. The van der Waals surface area contributed by atoms with E-state index in [-0.39, 0.29) is 29.7 Å². The molecule has 1 aliphatic carbocycles. The number of amides is 1. The Morgan fingerprint density at radius 3 is 2.43 bits per heavy atom. The molecule has 0 heterocycles. The van der Waals surface area contributed by atoms with Gasteiger partial charge in [0, 0.05) is 23.0 Å². The lowest BCUT2D eigenvalue weighted by atomic mass is 9.82. The number of carbonyl (C=O) groups is 1. The summed E-state index contributed by atoms with van der Waals surface area (Å²) in [5.74, 6) is -0.499. The number of nitrogens with one attached hydrogen (secondary N) is 1. The number of nitrogens with two attached hydrogens (primary N) is 1. The summed E-state index contributed by atoms with van der Waals surface area (Å²) < 4.78 is 13.8. The van der Waals surface area contributed by atoms with Crippen molar-refractivity contribution >= 4 is 29.1 Å². The van der Waals surface area contributed by atoms with Crippen LogP contribution < -0.4 is 11.1 Å². The number of halogens is 2. The zero-order valence-corrected chi connectivity index (χ0v) is 13.8. The van der Waals surface area contributed by atoms with Crippen molar-refractivity contribution in [3.63, 3.8) is 0 Å². The van der Waals surface area contributed by atoms with Gasteiger partial charge < -0.3 is 11.1 Å². The summed E-state index contributed by atoms with van der Waals surface area (Å²) in [5, 5.41) is 4.04. The van der Waals surface area contributed by atoms with E-state index in [0.717, 1.165) is 25.7 Å². The van der Waals surface area contributed by atoms with Gasteiger partial charge in [-0.3, -0.25) is 4.79 Å². The van der Waals surface area contributed by atoms with Crippen LogP contribution in [0.2, 0.25) is 0 Å². The van der Waals surface area contributed by atoms with Crippen LogP contribution in [0.3, 0.4) is 0 Å². The molecule has 0 aliphatic heterocycles. The molecule has 1 aliphatic rings. The monoisotopic (exact) mass is 336 g/mol. The van der Waals surface area contributed by atoms with E-state index in [9.17, 15) is 9.18 Å². The zero-order chi connectivity index (χ0) is 15.6. The molecule has 0 unspecified atom stereocenters. The second kappa shape index (κ2) is 7.28. The van der Waals surface area contributed by atoms with Crippen molar-refractivity contribution < 1.29 is 9.18 Å². The van der Waals surface area contributed by atoms with Crippen LogP contribution in [0.15, 0.2) is 36.4 Å². The predicted molar refractivity (Wildman–Crippen MR) is 93.5 cm³/mol. The molecule has 124 valence electrons. The molecule has 1 amide bonds. The van der Waals surface area contributed by atoms with E-state index in [4.69, 9.17) is 5.73 Å². The quantitative estimate of drug-likeness (QED) is 0.896. The highest BCUT2D eigenvalue weighted by atomic mass is 35.5. The van der Waals surface area contributed by atoms with Gasteiger partial charge in [0.05, 0.1) is 0 Å². The predicted octanol–water partition coefficient (Wildman–Crippen LogP) is 3.79. The number of carbonyl (C=O) groups excluding carboxylic acids is 1. The van der Waals surface area contributed by atoms with Crippen molar-refractivity contribution in [2.75, 3.05) is 6.54 Å². The summed E-state index contributed by atoms with van der Waals surface area (Å²) in [6, 6.07) is 9.92. The van der Waals surface area contributed by atoms with Gasteiger partial charge in [0.25, 0.3) is 5.91 Å². The molecule has 0 saturated heterocycles. The molecule has 0 atom stereocenters. The Labute approximate surface area is 141 Å². The molecular formula is C18H22ClFN2O. The maximum absolute atomic E-state index is 13.8. The van der Waals surface area contributed by atoms with Crippen molar-refractivity contribution in [2.24, 2.45) is 5.73 Å². The van der Waals surface area contributed by atoms with Crippen LogP contribution in [0.5, 0.6) is 0 Å². The Hall–Kier alpha value is -1.65. The van der Waals surface area contributed by atoms with Crippen molar-refractivity contribution in [3.8, 4) is 0 Å². The van der Waals surface area contributed by atoms with Gasteiger partial charge in [-0.25, -0.2) is 4.39 Å². The maximum Gasteiger partial charge on any atom is 0.251 e. The Bertz CT molecular complexity index is 698. The van der Waals surface area contributed by atoms with Gasteiger partial charge >= 0.3 is 0 Å². The number of benzene rings is 2. The van der Waals surface area contributed by atoms with Crippen molar-refractivity contribution in [2.45, 2.75) is 37.6 Å². The fourth-order valence-electron chi connectivity index (χ4n) is 3.24. The summed E-state index contributed by atoms with van der Waals surface area (Å²) in [5.41, 5.74) is 6.54. The molecule has 0 radical (unpaired) electrons. The molecule has 3 nitrogen and oxygen atoms in total. The summed E-state index contributed by atoms with van der Waals surface area (Å²) in [4.78, 5) is 12.5. The second-order valence-corrected chi connectivity index (χ2v) is 6.25. The van der Waals surface area contributed by atoms with E-state index in [1.54, 1.807) is 18.2 Å². The Morgan fingerprint density at radius 1 is 1.09 bits per heavy atom. The van der Waals surface area contributed by atoms with E-state index in [1.165, 1.54) is 18.6 Å². The second-order valence-electron chi connectivity index (χ2n) is 6.25. The third-order valence-electron chi connectivity index (χ3n) is 4.57. The van der Waals surface area contributed by atoms with Crippen molar-refractivity contribution in [3.05, 3.63) is 47.8 Å². The van der Waals surface area contributed by atoms with Gasteiger partial charge in [-0.05, 0) is 30.4 Å². The minimum Gasteiger partial charge on any atom is -0.350 e. The van der Waals surface area contributed by atoms with Crippen LogP contribution >= 0.6 is 12.4 Å². The molecule has 2 aromatic rings. The number of hydrogen-bond acceptors (Lipinski definition) is 2. The minimum atomic E-state index is -0.310. The number of rotatable bonds is 3. The summed E-state index contributed by atoms with van der Waals surface area (Å²) in [7, 11) is 0. The highest BCUT2D eigenvalue weighted by Crippen LogP contribution is 2.26. The maximum atomic E-state index is 13.8. The van der Waals surface area contributed by atoms with E-state index in [0.29, 0.717) is 22.9 Å². The van der Waals surface area contributed by atoms with E-state index >= 15 is 0 Å². The lowest BCUT2D eigenvalue weighted by Gasteiger charge is -2.33. The third-order valence-corrected chi connectivity index (χ3v) is 4.57. The van der Waals surface area contributed by atoms with Crippen LogP contribution in [-0.4, -0.2) is 18.0 Å². The Morgan fingerprint density at radius 2 is 1.74 bits per heavy atom. The van der Waals surface area contributed by atoms with Crippen LogP contribution in [-0.2, 0) is 0 Å². The van der Waals surface area contributed by atoms with E-state index in [2.05, 4.69) is 5.32 Å². The topological polar surface area (TPSA) is 55.1 Å². The average molecular weight is 337 g/mol. The number of hydrogen-bond donors (Lipinski definition) is 2. The fourth-order valence-corrected chi connectivity index (χ4v) is 3.24. The highest BCUT2D eigenvalue weighted by molar-refractivity contribution is 6.07. The minimum absolute atomic E-state index is 0. The first kappa shape index (κ1) is 17.7. The smallest absolute Gasteiger partial charge is 0.251 e. The van der Waals surface area contributed by atoms with Gasteiger partial charge in [-0.1, -0.05) is 43.5 Å². The summed E-state index contributed by atoms with van der Waals surface area (Å²) in [6.45, 7) is 0.470. The molecule has 3 rings (SSSR count). The van der Waals surface area contributed by atoms with Crippen LogP contribution in [0.25, 0.3) is 10.8 Å². The van der Waals surface area contributed by atoms with Gasteiger partial charge in [-0.2, -0.15) is 0 Å². The molecule has 2 aromatic carbocycles. The Balaban J connectivity index is 0.00000192. The van der Waals surface area contributed by atoms with E-state index < -0.39 is 0 Å². The first-order chi connectivity index (χ1) is 10.6. The van der Waals surface area contributed by atoms with Gasteiger partial charge in [0.2, 0.25) is 0 Å². The van der Waals surface area contributed by atoms with Crippen LogP contribution in [0, 0.1) is 5.82 Å². The van der Waals surface area contributed by atoms with E-state index in [1.807, 2.05) is 6.07 Å². The van der Waals surface area contributed by atoms with Crippen LogP contribution in [0.1, 0.15) is 42.5 Å². The standard InChI is InChI=1S/C18H21FN2O.ClH/c19-16-9-8-15(13-6-2-3-7-14(13)16)17(22)21-12-18(20)10-4-1-5-11-18;/h2-3,6-9H,1,4-5,10-12,20H2,(H,21,22);1H. The molecule has 1 fully saturated rings. The molecule has 0 aromatic heterocycles. The fraction of sp³-hybridized carbons (Fsp3) is 0.389. The van der Waals surface area contributed by atoms with Gasteiger partial charge in [0.15, 0.2) is 0 Å². The van der Waals surface area contributed by atoms with Crippen molar-refractivity contribution in [1.29, 1.82) is 0 Å². The van der Waals surface area contributed by atoms with Gasteiger partial charge in [-0.15, -0.1) is 12.4 Å². The molecular weight excluding hydrogens is 315 g/mol. The molecule has 1 saturated carbocycles. The van der Waals surface area contributed by atoms with Crippen LogP contribution in [0.4, 0.5) is 4.39 Å². The first-order valence-corrected chi connectivity index (χ1v) is 7.83. The lowest BCUT2D eigenvalue weighted by molar-refractivity contribution is 0.0939. The Kier molecular flexibility index (Phi) is 5.60. The van der Waals surface area contributed by atoms with Gasteiger partial charge in [0.1, 0.15) is 5.82 Å². The first-order valence-electron chi connectivity index (χ1n) is 7.83. The largest absolute Gasteiger partial charge is 0.350 e. The zero-order valence-electron chi connectivity index (χ0n) is 13.0. The summed E-state index contributed by atoms with van der Waals surface area (Å²) in [6.07, 6.45) is 5.34. The molecule has 0 bridgehead atoms. The molecule has 23 heavy (non-hydrogen) atoms. The SMILES string of the molecule is Cl.NC1(CNC(=O)c2ccc(F)c3ccccc23)CCCCC1. The molecule has 3 N–H and O–H groups in total. The number of fused-ring (bicyclic) bond motifs is 1. The molecule has 5 heteroatoms. The normalized spacial score (nSPS) is 16.6. The average Bonchev–Trinajstić information content (AvgIpc) is 2.54. The lowest BCUT2D eigenvalue weighted by Crippen LogP contribution is -2.51.